The minimum atomic E-state index is -0.670. The van der Waals surface area contributed by atoms with Crippen LogP contribution in [0, 0.1) is 0 Å². The Kier molecular flexibility index (Phi) is 40.7. The third-order valence-electron chi connectivity index (χ3n) is 10.7. The summed E-state index contributed by atoms with van der Waals surface area (Å²) < 4.78 is 5.43. The van der Waals surface area contributed by atoms with Crippen molar-refractivity contribution in [3.05, 3.63) is 0 Å². The van der Waals surface area contributed by atoms with Crippen LogP contribution in [0.15, 0.2) is 0 Å². The first-order chi connectivity index (χ1) is 25.0. The molecule has 6 heteroatoms. The van der Waals surface area contributed by atoms with E-state index in [2.05, 4.69) is 19.2 Å². The van der Waals surface area contributed by atoms with Crippen molar-refractivity contribution < 1.29 is 24.5 Å². The Hall–Kier alpha value is -1.14. The van der Waals surface area contributed by atoms with Crippen LogP contribution in [0.3, 0.4) is 0 Å². The topological polar surface area (TPSA) is 95.9 Å². The van der Waals surface area contributed by atoms with E-state index in [9.17, 15) is 19.8 Å². The van der Waals surface area contributed by atoms with Crippen molar-refractivity contribution in [1.29, 1.82) is 0 Å². The summed E-state index contributed by atoms with van der Waals surface area (Å²) in [6.07, 6.45) is 43.4. The highest BCUT2D eigenvalue weighted by atomic mass is 16.5. The molecule has 0 aliphatic heterocycles. The lowest BCUT2D eigenvalue weighted by molar-refractivity contribution is -0.143. The summed E-state index contributed by atoms with van der Waals surface area (Å²) in [5, 5.41) is 23.1. The fourth-order valence-corrected chi connectivity index (χ4v) is 7.11. The van der Waals surface area contributed by atoms with Crippen molar-refractivity contribution in [2.75, 3.05) is 13.2 Å². The number of rotatable bonds is 42. The molecule has 0 aromatic carbocycles. The van der Waals surface area contributed by atoms with Crippen LogP contribution in [0.1, 0.15) is 251 Å². The summed E-state index contributed by atoms with van der Waals surface area (Å²) in [7, 11) is 0. The fraction of sp³-hybridized carbons (Fsp3) is 0.956. The second-order valence-corrected chi connectivity index (χ2v) is 15.7. The van der Waals surface area contributed by atoms with E-state index in [4.69, 9.17) is 4.74 Å². The standard InChI is InChI=1S/C45H89NO5/c1-3-5-7-9-11-13-17-21-25-29-33-37-43(48)42(41-47)46-44(49)38-34-30-26-22-19-15-16-20-24-28-32-36-40-51-45(50)39-35-31-27-23-18-14-12-10-8-6-4-2/h42-43,47-48H,3-41H2,1-2H3,(H,46,49). The lowest BCUT2D eigenvalue weighted by Crippen LogP contribution is -2.45. The highest BCUT2D eigenvalue weighted by Crippen LogP contribution is 2.16. The van der Waals surface area contributed by atoms with E-state index in [1.54, 1.807) is 0 Å². The van der Waals surface area contributed by atoms with Gasteiger partial charge in [-0.1, -0.05) is 213 Å². The zero-order valence-corrected chi connectivity index (χ0v) is 34.4. The van der Waals surface area contributed by atoms with Gasteiger partial charge in [0.2, 0.25) is 5.91 Å². The second kappa shape index (κ2) is 41.6. The number of esters is 1. The van der Waals surface area contributed by atoms with Crippen molar-refractivity contribution >= 4 is 11.9 Å². The third-order valence-corrected chi connectivity index (χ3v) is 10.7. The van der Waals surface area contributed by atoms with Gasteiger partial charge in [-0.25, -0.2) is 0 Å². The summed E-state index contributed by atoms with van der Waals surface area (Å²) >= 11 is 0. The molecule has 0 aliphatic carbocycles. The maximum atomic E-state index is 12.4. The normalized spacial score (nSPS) is 12.6. The predicted molar refractivity (Wildman–Crippen MR) is 218 cm³/mol. The molecular formula is C45H89NO5. The Morgan fingerprint density at radius 3 is 1.20 bits per heavy atom. The van der Waals surface area contributed by atoms with Crippen LogP contribution < -0.4 is 5.32 Å². The number of aliphatic hydroxyl groups is 2. The summed E-state index contributed by atoms with van der Waals surface area (Å²) in [6.45, 7) is 4.90. The molecule has 0 saturated heterocycles. The van der Waals surface area contributed by atoms with Gasteiger partial charge in [-0.05, 0) is 25.7 Å². The van der Waals surface area contributed by atoms with Crippen LogP contribution in [0.4, 0.5) is 0 Å². The van der Waals surface area contributed by atoms with Crippen molar-refractivity contribution in [3.8, 4) is 0 Å². The van der Waals surface area contributed by atoms with Gasteiger partial charge < -0.3 is 20.3 Å². The zero-order chi connectivity index (χ0) is 37.3. The highest BCUT2D eigenvalue weighted by molar-refractivity contribution is 5.76. The molecule has 1 amide bonds. The maximum absolute atomic E-state index is 12.4. The van der Waals surface area contributed by atoms with Gasteiger partial charge in [0.1, 0.15) is 0 Å². The molecule has 0 fully saturated rings. The molecule has 0 aliphatic rings. The Labute approximate surface area is 317 Å². The molecule has 0 aromatic rings. The SMILES string of the molecule is CCCCCCCCCCCCCC(=O)OCCCCCCCCCCCCCCC(=O)NC(CO)C(O)CCCCCCCCCCCCC. The largest absolute Gasteiger partial charge is 0.466 e. The van der Waals surface area contributed by atoms with E-state index in [1.165, 1.54) is 161 Å². The molecule has 0 spiro atoms. The number of carbonyl (C=O) groups is 2. The van der Waals surface area contributed by atoms with Gasteiger partial charge in [0, 0.05) is 12.8 Å². The van der Waals surface area contributed by atoms with Crippen LogP contribution in [-0.4, -0.2) is 47.4 Å². The van der Waals surface area contributed by atoms with Gasteiger partial charge in [0.25, 0.3) is 0 Å². The molecule has 0 heterocycles. The van der Waals surface area contributed by atoms with Crippen molar-refractivity contribution in [3.63, 3.8) is 0 Å². The summed E-state index contributed by atoms with van der Waals surface area (Å²) in [5.41, 5.74) is 0. The number of hydrogen-bond acceptors (Lipinski definition) is 5. The van der Waals surface area contributed by atoms with Crippen LogP contribution in [0.25, 0.3) is 0 Å². The number of hydrogen-bond donors (Lipinski definition) is 3. The van der Waals surface area contributed by atoms with Gasteiger partial charge in [0.05, 0.1) is 25.4 Å². The third kappa shape index (κ3) is 38.4. The first-order valence-electron chi connectivity index (χ1n) is 22.8. The first-order valence-corrected chi connectivity index (χ1v) is 22.8. The minimum absolute atomic E-state index is 0.00964. The quantitative estimate of drug-likeness (QED) is 0.0430. The van der Waals surface area contributed by atoms with Gasteiger partial charge in [-0.2, -0.15) is 0 Å². The van der Waals surface area contributed by atoms with Crippen LogP contribution in [0.5, 0.6) is 0 Å². The number of ether oxygens (including phenoxy) is 1. The highest BCUT2D eigenvalue weighted by Gasteiger charge is 2.20. The van der Waals surface area contributed by atoms with E-state index in [-0.39, 0.29) is 18.5 Å². The zero-order valence-electron chi connectivity index (χ0n) is 34.4. The molecule has 2 unspecified atom stereocenters. The molecule has 0 aromatic heterocycles. The lowest BCUT2D eigenvalue weighted by atomic mass is 10.0. The maximum Gasteiger partial charge on any atom is 0.305 e. The average Bonchev–Trinajstić information content (AvgIpc) is 3.13. The van der Waals surface area contributed by atoms with Gasteiger partial charge in [-0.15, -0.1) is 0 Å². The number of nitrogens with one attached hydrogen (secondary N) is 1. The van der Waals surface area contributed by atoms with Crippen LogP contribution in [0.2, 0.25) is 0 Å². The summed E-state index contributed by atoms with van der Waals surface area (Å²) in [4.78, 5) is 24.3. The van der Waals surface area contributed by atoms with Gasteiger partial charge >= 0.3 is 5.97 Å². The van der Waals surface area contributed by atoms with E-state index in [0.717, 1.165) is 57.8 Å². The average molecular weight is 724 g/mol. The van der Waals surface area contributed by atoms with E-state index < -0.39 is 12.1 Å². The van der Waals surface area contributed by atoms with Crippen molar-refractivity contribution in [1.82, 2.24) is 5.32 Å². The van der Waals surface area contributed by atoms with Crippen LogP contribution in [-0.2, 0) is 14.3 Å². The Balaban J connectivity index is 3.45. The monoisotopic (exact) mass is 724 g/mol. The Bertz CT molecular complexity index is 717. The molecule has 0 rings (SSSR count). The van der Waals surface area contributed by atoms with E-state index in [0.29, 0.717) is 25.9 Å². The predicted octanol–water partition coefficient (Wildman–Crippen LogP) is 12.8. The van der Waals surface area contributed by atoms with Crippen molar-refractivity contribution in [2.45, 2.75) is 264 Å². The second-order valence-electron chi connectivity index (χ2n) is 15.7. The van der Waals surface area contributed by atoms with Crippen molar-refractivity contribution in [2.24, 2.45) is 0 Å². The molecule has 0 bridgehead atoms. The Morgan fingerprint density at radius 2 is 0.804 bits per heavy atom. The Morgan fingerprint density at radius 1 is 0.471 bits per heavy atom. The summed E-state index contributed by atoms with van der Waals surface area (Å²) in [5.74, 6) is -0.0608. The van der Waals surface area contributed by atoms with Crippen LogP contribution >= 0.6 is 0 Å². The smallest absolute Gasteiger partial charge is 0.305 e. The lowest BCUT2D eigenvalue weighted by Gasteiger charge is -2.22. The molecule has 0 saturated carbocycles. The molecule has 51 heavy (non-hydrogen) atoms. The fourth-order valence-electron chi connectivity index (χ4n) is 7.11. The molecule has 304 valence electrons. The molecule has 0 radical (unpaired) electrons. The number of unbranched alkanes of at least 4 members (excludes halogenated alkanes) is 31. The molecular weight excluding hydrogens is 634 g/mol. The van der Waals surface area contributed by atoms with Gasteiger partial charge in [-0.3, -0.25) is 9.59 Å². The van der Waals surface area contributed by atoms with E-state index in [1.807, 2.05) is 0 Å². The first kappa shape index (κ1) is 49.9. The molecule has 2 atom stereocenters. The number of aliphatic hydroxyl groups excluding tert-OH is 2. The minimum Gasteiger partial charge on any atom is -0.466 e. The van der Waals surface area contributed by atoms with Gasteiger partial charge in [0.15, 0.2) is 0 Å². The summed E-state index contributed by atoms with van der Waals surface area (Å²) in [6, 6.07) is -0.549. The number of carbonyl (C=O) groups excluding carboxylic acids is 2. The number of amides is 1. The molecule has 6 nitrogen and oxygen atoms in total. The molecule has 3 N–H and O–H groups in total. The van der Waals surface area contributed by atoms with E-state index >= 15 is 0 Å².